The molecule has 0 aromatic heterocycles. The Kier molecular flexibility index (Phi) is 7.95. The number of benzene rings is 2. The fourth-order valence-corrected chi connectivity index (χ4v) is 2.66. The summed E-state index contributed by atoms with van der Waals surface area (Å²) < 4.78 is 5.27. The molecule has 7 heteroatoms. The Morgan fingerprint density at radius 3 is 2.44 bits per heavy atom. The van der Waals surface area contributed by atoms with Crippen LogP contribution in [0.1, 0.15) is 18.1 Å². The van der Waals surface area contributed by atoms with E-state index >= 15 is 0 Å². The lowest BCUT2D eigenvalue weighted by Crippen LogP contribution is -2.37. The number of nitrogens with one attached hydrogen (secondary N) is 3. The van der Waals surface area contributed by atoms with Crippen LogP contribution in [0.4, 0.5) is 5.69 Å². The number of hydrogen-bond donors (Lipinski definition) is 3. The first kappa shape index (κ1) is 20.6. The summed E-state index contributed by atoms with van der Waals surface area (Å²) in [4.78, 5) is 15.6. The van der Waals surface area contributed by atoms with Crippen molar-refractivity contribution < 1.29 is 9.53 Å². The standard InChI is InChI=1S/C20H25ClN4O2/c1-14(26)25-18-12-16(6-9-19(18)27-3)13-24-20(22-2)23-11-10-15-4-7-17(21)8-5-15/h4-9,12H,10-11,13H2,1-3H3,(H,25,26)(H2,22,23,24). The Morgan fingerprint density at radius 1 is 1.11 bits per heavy atom. The van der Waals surface area contributed by atoms with Crippen LogP contribution in [0.15, 0.2) is 47.5 Å². The van der Waals surface area contributed by atoms with Crippen molar-refractivity contribution in [1.29, 1.82) is 0 Å². The van der Waals surface area contributed by atoms with Gasteiger partial charge in [0.05, 0.1) is 12.8 Å². The molecular formula is C20H25ClN4O2. The van der Waals surface area contributed by atoms with Gasteiger partial charge >= 0.3 is 0 Å². The van der Waals surface area contributed by atoms with Gasteiger partial charge in [-0.15, -0.1) is 0 Å². The first-order valence-electron chi connectivity index (χ1n) is 8.65. The van der Waals surface area contributed by atoms with E-state index in [1.807, 2.05) is 42.5 Å². The Morgan fingerprint density at radius 2 is 1.81 bits per heavy atom. The van der Waals surface area contributed by atoms with Crippen LogP contribution in [0.25, 0.3) is 0 Å². The number of nitrogens with zero attached hydrogens (tertiary/aromatic N) is 1. The number of aliphatic imine (C=N–C) groups is 1. The summed E-state index contributed by atoms with van der Waals surface area (Å²) in [5, 5.41) is 10.1. The van der Waals surface area contributed by atoms with Crippen LogP contribution in [0, 0.1) is 0 Å². The Labute approximate surface area is 165 Å². The van der Waals surface area contributed by atoms with E-state index < -0.39 is 0 Å². The van der Waals surface area contributed by atoms with Crippen molar-refractivity contribution in [2.45, 2.75) is 19.9 Å². The van der Waals surface area contributed by atoms with Crippen LogP contribution in [-0.4, -0.2) is 32.6 Å². The molecule has 144 valence electrons. The quantitative estimate of drug-likeness (QED) is 0.503. The number of carbonyl (C=O) groups is 1. The fraction of sp³-hybridized carbons (Fsp3) is 0.300. The molecule has 3 N–H and O–H groups in total. The number of rotatable bonds is 7. The second-order valence-electron chi connectivity index (χ2n) is 5.94. The second-order valence-corrected chi connectivity index (χ2v) is 6.38. The van der Waals surface area contributed by atoms with Crippen molar-refractivity contribution in [2.75, 3.05) is 26.0 Å². The Balaban J connectivity index is 1.87. The zero-order chi connectivity index (χ0) is 19.6. The van der Waals surface area contributed by atoms with Crippen LogP contribution in [-0.2, 0) is 17.8 Å². The minimum absolute atomic E-state index is 0.141. The van der Waals surface area contributed by atoms with E-state index in [2.05, 4.69) is 20.9 Å². The van der Waals surface area contributed by atoms with E-state index in [0.29, 0.717) is 23.9 Å². The number of methoxy groups -OCH3 is 1. The molecule has 0 aliphatic carbocycles. The number of ether oxygens (including phenoxy) is 1. The Hall–Kier alpha value is -2.73. The first-order valence-corrected chi connectivity index (χ1v) is 9.03. The molecular weight excluding hydrogens is 364 g/mol. The van der Waals surface area contributed by atoms with E-state index in [9.17, 15) is 4.79 Å². The normalized spacial score (nSPS) is 11.0. The summed E-state index contributed by atoms with van der Waals surface area (Å²) in [5.74, 6) is 1.19. The monoisotopic (exact) mass is 388 g/mol. The molecule has 0 aliphatic rings. The molecule has 0 radical (unpaired) electrons. The van der Waals surface area contributed by atoms with Gasteiger partial charge in [-0.05, 0) is 41.8 Å². The van der Waals surface area contributed by atoms with Gasteiger partial charge in [0.15, 0.2) is 5.96 Å². The van der Waals surface area contributed by atoms with Gasteiger partial charge in [-0.25, -0.2) is 0 Å². The molecule has 0 saturated heterocycles. The molecule has 0 unspecified atom stereocenters. The smallest absolute Gasteiger partial charge is 0.221 e. The second kappa shape index (κ2) is 10.4. The number of anilines is 1. The average Bonchev–Trinajstić information content (AvgIpc) is 2.65. The third-order valence-corrected chi connectivity index (χ3v) is 4.13. The molecule has 0 heterocycles. The van der Waals surface area contributed by atoms with Crippen molar-refractivity contribution in [2.24, 2.45) is 4.99 Å². The SMILES string of the molecule is CN=C(NCCc1ccc(Cl)cc1)NCc1ccc(OC)c(NC(C)=O)c1. The van der Waals surface area contributed by atoms with Gasteiger partial charge in [0.1, 0.15) is 5.75 Å². The van der Waals surface area contributed by atoms with E-state index in [-0.39, 0.29) is 5.91 Å². The van der Waals surface area contributed by atoms with Gasteiger partial charge in [-0.1, -0.05) is 29.8 Å². The maximum Gasteiger partial charge on any atom is 0.221 e. The molecule has 27 heavy (non-hydrogen) atoms. The molecule has 2 aromatic rings. The fourth-order valence-electron chi connectivity index (χ4n) is 2.54. The van der Waals surface area contributed by atoms with Gasteiger partial charge in [-0.3, -0.25) is 9.79 Å². The van der Waals surface area contributed by atoms with Crippen molar-refractivity contribution in [1.82, 2.24) is 10.6 Å². The van der Waals surface area contributed by atoms with Crippen LogP contribution < -0.4 is 20.7 Å². The molecule has 2 aromatic carbocycles. The maximum atomic E-state index is 11.3. The van der Waals surface area contributed by atoms with E-state index in [4.69, 9.17) is 16.3 Å². The highest BCUT2D eigenvalue weighted by molar-refractivity contribution is 6.30. The predicted molar refractivity (Wildman–Crippen MR) is 111 cm³/mol. The summed E-state index contributed by atoms with van der Waals surface area (Å²) in [6, 6.07) is 13.5. The number of amides is 1. The number of halogens is 1. The molecule has 0 fully saturated rings. The molecule has 0 aliphatic heterocycles. The number of carbonyl (C=O) groups excluding carboxylic acids is 1. The summed E-state index contributed by atoms with van der Waals surface area (Å²) in [6.07, 6.45) is 0.868. The third kappa shape index (κ3) is 6.83. The summed E-state index contributed by atoms with van der Waals surface area (Å²) in [7, 11) is 3.30. The van der Waals surface area contributed by atoms with Gasteiger partial charge in [-0.2, -0.15) is 0 Å². The number of hydrogen-bond acceptors (Lipinski definition) is 3. The molecule has 1 amide bonds. The van der Waals surface area contributed by atoms with Gasteiger partial charge < -0.3 is 20.7 Å². The minimum atomic E-state index is -0.141. The number of guanidine groups is 1. The van der Waals surface area contributed by atoms with E-state index in [1.165, 1.54) is 12.5 Å². The van der Waals surface area contributed by atoms with E-state index in [0.717, 1.165) is 23.6 Å². The van der Waals surface area contributed by atoms with Crippen LogP contribution in [0.3, 0.4) is 0 Å². The molecule has 0 atom stereocenters. The molecule has 0 bridgehead atoms. The van der Waals surface area contributed by atoms with E-state index in [1.54, 1.807) is 14.2 Å². The lowest BCUT2D eigenvalue weighted by Gasteiger charge is -2.14. The van der Waals surface area contributed by atoms with Gasteiger partial charge in [0.25, 0.3) is 0 Å². The zero-order valence-electron chi connectivity index (χ0n) is 15.8. The zero-order valence-corrected chi connectivity index (χ0v) is 16.6. The minimum Gasteiger partial charge on any atom is -0.495 e. The first-order chi connectivity index (χ1) is 13.0. The summed E-state index contributed by atoms with van der Waals surface area (Å²) in [6.45, 7) is 2.79. The van der Waals surface area contributed by atoms with Crippen molar-refractivity contribution >= 4 is 29.2 Å². The van der Waals surface area contributed by atoms with Crippen LogP contribution in [0.5, 0.6) is 5.75 Å². The molecule has 0 spiro atoms. The maximum absolute atomic E-state index is 11.3. The lowest BCUT2D eigenvalue weighted by atomic mass is 10.1. The van der Waals surface area contributed by atoms with Crippen LogP contribution >= 0.6 is 11.6 Å². The lowest BCUT2D eigenvalue weighted by molar-refractivity contribution is -0.114. The van der Waals surface area contributed by atoms with Crippen molar-refractivity contribution in [3.8, 4) is 5.75 Å². The van der Waals surface area contributed by atoms with Crippen LogP contribution in [0.2, 0.25) is 5.02 Å². The summed E-state index contributed by atoms with van der Waals surface area (Å²) >= 11 is 5.90. The van der Waals surface area contributed by atoms with Crippen molar-refractivity contribution in [3.63, 3.8) is 0 Å². The molecule has 6 nitrogen and oxygen atoms in total. The Bertz CT molecular complexity index is 791. The third-order valence-electron chi connectivity index (χ3n) is 3.88. The largest absolute Gasteiger partial charge is 0.495 e. The highest BCUT2D eigenvalue weighted by atomic mass is 35.5. The highest BCUT2D eigenvalue weighted by Gasteiger charge is 2.07. The van der Waals surface area contributed by atoms with Gasteiger partial charge in [0.2, 0.25) is 5.91 Å². The highest BCUT2D eigenvalue weighted by Crippen LogP contribution is 2.25. The van der Waals surface area contributed by atoms with Crippen molar-refractivity contribution in [3.05, 3.63) is 58.6 Å². The molecule has 2 rings (SSSR count). The summed E-state index contributed by atoms with van der Waals surface area (Å²) in [5.41, 5.74) is 2.85. The topological polar surface area (TPSA) is 74.8 Å². The predicted octanol–water partition coefficient (Wildman–Crippen LogP) is 3.21. The van der Waals surface area contributed by atoms with Gasteiger partial charge in [0, 0.05) is 32.1 Å². The molecule has 0 saturated carbocycles. The average molecular weight is 389 g/mol.